The molecule has 20 heavy (non-hydrogen) atoms. The number of likely N-dealkylation sites (tertiary alicyclic amines) is 1. The molecule has 0 bridgehead atoms. The van der Waals surface area contributed by atoms with E-state index in [0.29, 0.717) is 22.0 Å². The molecule has 0 amide bonds. The Kier molecular flexibility index (Phi) is 5.68. The van der Waals surface area contributed by atoms with E-state index in [1.165, 1.54) is 0 Å². The SMILES string of the molecule is N#CC(c1c(Cl)cccc1Cl)N1CCCCC1CCO. The van der Waals surface area contributed by atoms with Crippen molar-refractivity contribution in [3.63, 3.8) is 0 Å². The summed E-state index contributed by atoms with van der Waals surface area (Å²) < 4.78 is 0. The maximum absolute atomic E-state index is 9.60. The largest absolute Gasteiger partial charge is 0.396 e. The van der Waals surface area contributed by atoms with Crippen LogP contribution in [0.25, 0.3) is 0 Å². The van der Waals surface area contributed by atoms with Crippen molar-refractivity contribution in [2.45, 2.75) is 37.8 Å². The molecule has 0 aromatic heterocycles. The van der Waals surface area contributed by atoms with Crippen LogP contribution in [0.1, 0.15) is 37.3 Å². The van der Waals surface area contributed by atoms with Crippen LogP contribution in [0.3, 0.4) is 0 Å². The zero-order chi connectivity index (χ0) is 14.5. The molecular formula is C15H18Cl2N2O. The normalized spacial score (nSPS) is 21.4. The van der Waals surface area contributed by atoms with E-state index in [4.69, 9.17) is 23.2 Å². The predicted molar refractivity (Wildman–Crippen MR) is 80.9 cm³/mol. The van der Waals surface area contributed by atoms with Gasteiger partial charge in [-0.15, -0.1) is 0 Å². The van der Waals surface area contributed by atoms with Gasteiger partial charge in [0.25, 0.3) is 0 Å². The summed E-state index contributed by atoms with van der Waals surface area (Å²) in [6.07, 6.45) is 3.87. The number of piperidine rings is 1. The first-order valence-corrected chi connectivity index (χ1v) is 7.64. The minimum atomic E-state index is -0.451. The van der Waals surface area contributed by atoms with E-state index < -0.39 is 6.04 Å². The van der Waals surface area contributed by atoms with Crippen molar-refractivity contribution in [1.82, 2.24) is 4.90 Å². The minimum absolute atomic E-state index is 0.134. The van der Waals surface area contributed by atoms with Crippen LogP contribution >= 0.6 is 23.2 Å². The van der Waals surface area contributed by atoms with E-state index in [1.54, 1.807) is 18.2 Å². The molecule has 1 aromatic carbocycles. The molecule has 1 fully saturated rings. The number of benzene rings is 1. The van der Waals surface area contributed by atoms with Crippen molar-refractivity contribution in [3.05, 3.63) is 33.8 Å². The van der Waals surface area contributed by atoms with E-state index in [9.17, 15) is 10.4 Å². The van der Waals surface area contributed by atoms with Crippen molar-refractivity contribution < 1.29 is 5.11 Å². The summed E-state index contributed by atoms with van der Waals surface area (Å²) in [4.78, 5) is 2.13. The molecule has 0 spiro atoms. The molecule has 1 N–H and O–H groups in total. The molecule has 1 aromatic rings. The lowest BCUT2D eigenvalue weighted by Gasteiger charge is -2.39. The third-order valence-corrected chi connectivity index (χ3v) is 4.52. The summed E-state index contributed by atoms with van der Waals surface area (Å²) >= 11 is 12.5. The summed E-state index contributed by atoms with van der Waals surface area (Å²) in [6, 6.07) is 7.40. The molecule has 1 heterocycles. The minimum Gasteiger partial charge on any atom is -0.396 e. The third kappa shape index (κ3) is 3.27. The Bertz CT molecular complexity index is 479. The Hall–Kier alpha value is -0.790. The first-order chi connectivity index (χ1) is 9.69. The summed E-state index contributed by atoms with van der Waals surface area (Å²) in [5.74, 6) is 0. The van der Waals surface area contributed by atoms with E-state index in [-0.39, 0.29) is 12.6 Å². The molecule has 0 saturated carbocycles. The highest BCUT2D eigenvalue weighted by atomic mass is 35.5. The molecule has 1 aliphatic heterocycles. The molecule has 0 aliphatic carbocycles. The maximum atomic E-state index is 9.60. The Morgan fingerprint density at radius 2 is 2.05 bits per heavy atom. The van der Waals surface area contributed by atoms with E-state index in [1.807, 2.05) is 0 Å². The molecule has 5 heteroatoms. The highest BCUT2D eigenvalue weighted by Crippen LogP contribution is 2.36. The van der Waals surface area contributed by atoms with Gasteiger partial charge in [-0.1, -0.05) is 35.7 Å². The molecule has 3 nitrogen and oxygen atoms in total. The summed E-state index contributed by atoms with van der Waals surface area (Å²) in [5.41, 5.74) is 0.683. The van der Waals surface area contributed by atoms with Crippen molar-refractivity contribution in [2.24, 2.45) is 0 Å². The average Bonchev–Trinajstić information content (AvgIpc) is 2.44. The van der Waals surface area contributed by atoms with Gasteiger partial charge >= 0.3 is 0 Å². The number of nitriles is 1. The van der Waals surface area contributed by atoms with Crippen LogP contribution in [0, 0.1) is 11.3 Å². The molecule has 0 radical (unpaired) electrons. The van der Waals surface area contributed by atoms with Gasteiger partial charge in [-0.3, -0.25) is 4.90 Å². The second kappa shape index (κ2) is 7.28. The van der Waals surface area contributed by atoms with Gasteiger partial charge in [-0.05, 0) is 31.4 Å². The number of hydrogen-bond acceptors (Lipinski definition) is 3. The summed E-state index contributed by atoms with van der Waals surface area (Å²) in [6.45, 7) is 0.972. The van der Waals surface area contributed by atoms with Gasteiger partial charge in [0.15, 0.2) is 0 Å². The van der Waals surface area contributed by atoms with Gasteiger partial charge < -0.3 is 5.11 Å². The Labute approximate surface area is 129 Å². The predicted octanol–water partition coefficient (Wildman–Crippen LogP) is 3.79. The van der Waals surface area contributed by atoms with Gasteiger partial charge in [-0.25, -0.2) is 0 Å². The highest BCUT2D eigenvalue weighted by molar-refractivity contribution is 6.36. The van der Waals surface area contributed by atoms with Crippen LogP contribution in [0.4, 0.5) is 0 Å². The van der Waals surface area contributed by atoms with Crippen LogP contribution in [-0.4, -0.2) is 29.2 Å². The Balaban J connectivity index is 2.33. The van der Waals surface area contributed by atoms with Crippen LogP contribution in [0.2, 0.25) is 10.0 Å². The highest BCUT2D eigenvalue weighted by Gasteiger charge is 2.31. The monoisotopic (exact) mass is 312 g/mol. The smallest absolute Gasteiger partial charge is 0.126 e. The Morgan fingerprint density at radius 3 is 2.65 bits per heavy atom. The van der Waals surface area contributed by atoms with Crippen molar-refractivity contribution in [2.75, 3.05) is 13.2 Å². The van der Waals surface area contributed by atoms with E-state index in [2.05, 4.69) is 11.0 Å². The fourth-order valence-electron chi connectivity index (χ4n) is 2.90. The number of aliphatic hydroxyl groups excluding tert-OH is 1. The topological polar surface area (TPSA) is 47.3 Å². The van der Waals surface area contributed by atoms with Crippen molar-refractivity contribution in [3.8, 4) is 6.07 Å². The summed E-state index contributed by atoms with van der Waals surface area (Å²) in [7, 11) is 0. The number of aliphatic hydroxyl groups is 1. The van der Waals surface area contributed by atoms with Gasteiger partial charge in [0, 0.05) is 34.8 Å². The van der Waals surface area contributed by atoms with E-state index in [0.717, 1.165) is 25.8 Å². The first-order valence-electron chi connectivity index (χ1n) is 6.89. The number of rotatable bonds is 4. The van der Waals surface area contributed by atoms with Gasteiger partial charge in [-0.2, -0.15) is 5.26 Å². The molecule has 1 aliphatic rings. The Morgan fingerprint density at radius 1 is 1.35 bits per heavy atom. The zero-order valence-electron chi connectivity index (χ0n) is 11.2. The summed E-state index contributed by atoms with van der Waals surface area (Å²) in [5, 5.41) is 19.9. The van der Waals surface area contributed by atoms with Crippen LogP contribution < -0.4 is 0 Å². The van der Waals surface area contributed by atoms with Gasteiger partial charge in [0.05, 0.1) is 6.07 Å². The molecule has 1 saturated heterocycles. The van der Waals surface area contributed by atoms with Crippen LogP contribution in [0.5, 0.6) is 0 Å². The number of nitrogens with zero attached hydrogens (tertiary/aromatic N) is 2. The third-order valence-electron chi connectivity index (χ3n) is 3.86. The number of hydrogen-bond donors (Lipinski definition) is 1. The van der Waals surface area contributed by atoms with Crippen molar-refractivity contribution >= 4 is 23.2 Å². The van der Waals surface area contributed by atoms with Gasteiger partial charge in [0.1, 0.15) is 6.04 Å². The molecule has 108 valence electrons. The number of halogens is 2. The zero-order valence-corrected chi connectivity index (χ0v) is 12.7. The lowest BCUT2D eigenvalue weighted by molar-refractivity contribution is 0.0965. The molecule has 2 unspecified atom stereocenters. The lowest BCUT2D eigenvalue weighted by atomic mass is 9.95. The van der Waals surface area contributed by atoms with Crippen LogP contribution in [0.15, 0.2) is 18.2 Å². The fraction of sp³-hybridized carbons (Fsp3) is 0.533. The molecule has 2 rings (SSSR count). The second-order valence-corrected chi connectivity index (χ2v) is 5.88. The van der Waals surface area contributed by atoms with E-state index >= 15 is 0 Å². The quantitative estimate of drug-likeness (QED) is 0.920. The standard InChI is InChI=1S/C15H18Cl2N2O/c16-12-5-3-6-13(17)15(12)14(10-18)19-8-2-1-4-11(19)7-9-20/h3,5-6,11,14,20H,1-2,4,7-9H2. The maximum Gasteiger partial charge on any atom is 0.126 e. The first kappa shape index (κ1) is 15.6. The average molecular weight is 313 g/mol. The lowest BCUT2D eigenvalue weighted by Crippen LogP contribution is -2.42. The fourth-order valence-corrected chi connectivity index (χ4v) is 3.50. The van der Waals surface area contributed by atoms with Crippen molar-refractivity contribution in [1.29, 1.82) is 5.26 Å². The van der Waals surface area contributed by atoms with Gasteiger partial charge in [0.2, 0.25) is 0 Å². The second-order valence-electron chi connectivity index (χ2n) is 5.07. The molecular weight excluding hydrogens is 295 g/mol. The molecule has 2 atom stereocenters. The van der Waals surface area contributed by atoms with Crippen LogP contribution in [-0.2, 0) is 0 Å².